The minimum absolute atomic E-state index is 0.0196. The van der Waals surface area contributed by atoms with Crippen molar-refractivity contribution in [2.24, 2.45) is 0 Å². The quantitative estimate of drug-likeness (QED) is 0.727. The molecule has 0 bridgehead atoms. The molecule has 14 heavy (non-hydrogen) atoms. The van der Waals surface area contributed by atoms with E-state index in [0.29, 0.717) is 0 Å². The SMILES string of the molecule is CSCC(C)N1CC(=O)NC(C)C1=O. The molecule has 1 saturated heterocycles. The number of carbonyl (C=O) groups excluding carboxylic acids is 2. The molecule has 4 nitrogen and oxygen atoms in total. The van der Waals surface area contributed by atoms with Gasteiger partial charge in [0.15, 0.2) is 0 Å². The van der Waals surface area contributed by atoms with Crippen molar-refractivity contribution in [3.63, 3.8) is 0 Å². The van der Waals surface area contributed by atoms with Crippen LogP contribution in [0.1, 0.15) is 13.8 Å². The third-order valence-electron chi connectivity index (χ3n) is 2.28. The van der Waals surface area contributed by atoms with Crippen LogP contribution in [-0.4, -0.2) is 47.4 Å². The van der Waals surface area contributed by atoms with Crippen molar-refractivity contribution in [3.05, 3.63) is 0 Å². The third kappa shape index (κ3) is 2.41. The topological polar surface area (TPSA) is 49.4 Å². The van der Waals surface area contributed by atoms with Crippen LogP contribution in [0.25, 0.3) is 0 Å². The average molecular weight is 216 g/mol. The van der Waals surface area contributed by atoms with Crippen LogP contribution >= 0.6 is 11.8 Å². The van der Waals surface area contributed by atoms with E-state index >= 15 is 0 Å². The first kappa shape index (κ1) is 11.4. The van der Waals surface area contributed by atoms with E-state index in [1.165, 1.54) is 0 Å². The summed E-state index contributed by atoms with van der Waals surface area (Å²) in [5.41, 5.74) is 0. The van der Waals surface area contributed by atoms with E-state index in [9.17, 15) is 9.59 Å². The molecule has 0 aromatic heterocycles. The standard InChI is InChI=1S/C9H16N2O2S/c1-6(5-14-3)11-4-8(12)10-7(2)9(11)13/h6-7H,4-5H2,1-3H3,(H,10,12). The zero-order chi connectivity index (χ0) is 10.7. The van der Waals surface area contributed by atoms with Crippen LogP contribution in [0.4, 0.5) is 0 Å². The molecule has 0 radical (unpaired) electrons. The Balaban J connectivity index is 2.66. The predicted molar refractivity (Wildman–Crippen MR) is 57.2 cm³/mol. The van der Waals surface area contributed by atoms with Gasteiger partial charge in [-0.15, -0.1) is 0 Å². The lowest BCUT2D eigenvalue weighted by molar-refractivity contribution is -0.145. The van der Waals surface area contributed by atoms with E-state index in [4.69, 9.17) is 0 Å². The Hall–Kier alpha value is -0.710. The lowest BCUT2D eigenvalue weighted by Gasteiger charge is -2.35. The van der Waals surface area contributed by atoms with Crippen LogP contribution in [0.2, 0.25) is 0 Å². The molecule has 0 spiro atoms. The highest BCUT2D eigenvalue weighted by atomic mass is 32.2. The molecule has 80 valence electrons. The van der Waals surface area contributed by atoms with Gasteiger partial charge in [0.2, 0.25) is 11.8 Å². The first-order valence-electron chi connectivity index (χ1n) is 4.65. The summed E-state index contributed by atoms with van der Waals surface area (Å²) in [6, 6.07) is -0.244. The van der Waals surface area contributed by atoms with E-state index < -0.39 is 0 Å². The Labute approximate surface area is 88.4 Å². The highest BCUT2D eigenvalue weighted by Gasteiger charge is 2.31. The number of amides is 2. The number of hydrogen-bond acceptors (Lipinski definition) is 3. The number of nitrogens with one attached hydrogen (secondary N) is 1. The van der Waals surface area contributed by atoms with Gasteiger partial charge in [0, 0.05) is 11.8 Å². The maximum atomic E-state index is 11.7. The summed E-state index contributed by atoms with van der Waals surface area (Å²) in [5.74, 6) is 0.822. The lowest BCUT2D eigenvalue weighted by Crippen LogP contribution is -2.59. The molecule has 0 aromatic carbocycles. The summed E-state index contributed by atoms with van der Waals surface area (Å²) in [5, 5.41) is 2.62. The second-order valence-corrected chi connectivity index (χ2v) is 4.47. The minimum Gasteiger partial charge on any atom is -0.343 e. The lowest BCUT2D eigenvalue weighted by atomic mass is 10.2. The summed E-state index contributed by atoms with van der Waals surface area (Å²) >= 11 is 1.68. The average Bonchev–Trinajstić information content (AvgIpc) is 2.11. The number of thioether (sulfide) groups is 1. The molecule has 2 amide bonds. The highest BCUT2D eigenvalue weighted by Crippen LogP contribution is 2.10. The van der Waals surface area contributed by atoms with Crippen LogP contribution in [0.3, 0.4) is 0 Å². The number of hydrogen-bond donors (Lipinski definition) is 1. The fourth-order valence-corrected chi connectivity index (χ4v) is 2.20. The first-order chi connectivity index (χ1) is 6.56. The molecule has 1 rings (SSSR count). The van der Waals surface area contributed by atoms with Gasteiger partial charge >= 0.3 is 0 Å². The van der Waals surface area contributed by atoms with Crippen molar-refractivity contribution in [1.82, 2.24) is 10.2 Å². The number of carbonyl (C=O) groups is 2. The number of piperazine rings is 1. The van der Waals surface area contributed by atoms with Crippen molar-refractivity contribution in [3.8, 4) is 0 Å². The fraction of sp³-hybridized carbons (Fsp3) is 0.778. The Morgan fingerprint density at radius 2 is 2.29 bits per heavy atom. The van der Waals surface area contributed by atoms with Crippen molar-refractivity contribution in [2.75, 3.05) is 18.6 Å². The summed E-state index contributed by atoms with van der Waals surface area (Å²) in [4.78, 5) is 24.6. The molecule has 1 aliphatic rings. The number of nitrogens with zero attached hydrogens (tertiary/aromatic N) is 1. The van der Waals surface area contributed by atoms with Crippen molar-refractivity contribution >= 4 is 23.6 Å². The van der Waals surface area contributed by atoms with Gasteiger partial charge in [-0.25, -0.2) is 0 Å². The Kier molecular flexibility index (Phi) is 3.80. The van der Waals surface area contributed by atoms with E-state index in [1.807, 2.05) is 13.2 Å². The molecule has 0 aliphatic carbocycles. The van der Waals surface area contributed by atoms with E-state index in [2.05, 4.69) is 5.32 Å². The van der Waals surface area contributed by atoms with Gasteiger partial charge in [0.05, 0.1) is 6.54 Å². The molecule has 1 N–H and O–H groups in total. The summed E-state index contributed by atoms with van der Waals surface area (Å²) in [7, 11) is 0. The third-order valence-corrected chi connectivity index (χ3v) is 3.10. The minimum atomic E-state index is -0.374. The second-order valence-electron chi connectivity index (χ2n) is 3.56. The Morgan fingerprint density at radius 1 is 1.64 bits per heavy atom. The fourth-order valence-electron chi connectivity index (χ4n) is 1.53. The molecule has 0 saturated carbocycles. The predicted octanol–water partition coefficient (Wildman–Crippen LogP) is 0.0848. The van der Waals surface area contributed by atoms with Crippen molar-refractivity contribution in [1.29, 1.82) is 0 Å². The molecule has 1 heterocycles. The molecule has 5 heteroatoms. The van der Waals surface area contributed by atoms with Crippen LogP contribution < -0.4 is 5.32 Å². The second kappa shape index (κ2) is 4.68. The van der Waals surface area contributed by atoms with Crippen LogP contribution in [0.5, 0.6) is 0 Å². The van der Waals surface area contributed by atoms with Gasteiger partial charge in [-0.1, -0.05) is 0 Å². The largest absolute Gasteiger partial charge is 0.343 e. The first-order valence-corrected chi connectivity index (χ1v) is 6.04. The van der Waals surface area contributed by atoms with Gasteiger partial charge < -0.3 is 10.2 Å². The van der Waals surface area contributed by atoms with Crippen LogP contribution in [0, 0.1) is 0 Å². The molecule has 2 unspecified atom stereocenters. The van der Waals surface area contributed by atoms with E-state index in [0.717, 1.165) is 5.75 Å². The summed E-state index contributed by atoms with van der Waals surface area (Å²) in [6.45, 7) is 3.89. The highest BCUT2D eigenvalue weighted by molar-refractivity contribution is 7.98. The van der Waals surface area contributed by atoms with Gasteiger partial charge in [-0.3, -0.25) is 9.59 Å². The molecular formula is C9H16N2O2S. The van der Waals surface area contributed by atoms with Crippen molar-refractivity contribution < 1.29 is 9.59 Å². The molecule has 1 aliphatic heterocycles. The zero-order valence-electron chi connectivity index (χ0n) is 8.74. The molecule has 2 atom stereocenters. The Morgan fingerprint density at radius 3 is 2.86 bits per heavy atom. The van der Waals surface area contributed by atoms with Crippen molar-refractivity contribution in [2.45, 2.75) is 25.9 Å². The monoisotopic (exact) mass is 216 g/mol. The molecule has 0 aromatic rings. The van der Waals surface area contributed by atoms with E-state index in [1.54, 1.807) is 23.6 Å². The molecule has 1 fully saturated rings. The van der Waals surface area contributed by atoms with Gasteiger partial charge in [-0.05, 0) is 20.1 Å². The zero-order valence-corrected chi connectivity index (χ0v) is 9.56. The molecular weight excluding hydrogens is 200 g/mol. The van der Waals surface area contributed by atoms with Crippen LogP contribution in [-0.2, 0) is 9.59 Å². The maximum absolute atomic E-state index is 11.7. The smallest absolute Gasteiger partial charge is 0.245 e. The van der Waals surface area contributed by atoms with E-state index in [-0.39, 0.29) is 30.4 Å². The normalized spacial score (nSPS) is 24.8. The summed E-state index contributed by atoms with van der Waals surface area (Å²) in [6.07, 6.45) is 1.99. The number of rotatable bonds is 3. The van der Waals surface area contributed by atoms with Gasteiger partial charge in [-0.2, -0.15) is 11.8 Å². The summed E-state index contributed by atoms with van der Waals surface area (Å²) < 4.78 is 0. The van der Waals surface area contributed by atoms with Gasteiger partial charge in [0.1, 0.15) is 6.04 Å². The Bertz CT molecular complexity index is 245. The van der Waals surface area contributed by atoms with Gasteiger partial charge in [0.25, 0.3) is 0 Å². The maximum Gasteiger partial charge on any atom is 0.245 e. The van der Waals surface area contributed by atoms with Crippen LogP contribution in [0.15, 0.2) is 0 Å².